The van der Waals surface area contributed by atoms with Crippen LogP contribution in [0.4, 0.5) is 5.82 Å². The second-order valence-electron chi connectivity index (χ2n) is 7.34. The molecule has 2 aromatic rings. The Morgan fingerprint density at radius 2 is 2.08 bits per heavy atom. The molecule has 0 bridgehead atoms. The van der Waals surface area contributed by atoms with Crippen LogP contribution in [0.2, 0.25) is 0 Å². The Kier molecular flexibility index (Phi) is 5.29. The topological polar surface area (TPSA) is 85.2 Å². The van der Waals surface area contributed by atoms with Gasteiger partial charge in [0.1, 0.15) is 12.1 Å². The lowest BCUT2D eigenvalue weighted by molar-refractivity contribution is -0.123. The molecule has 136 valence electrons. The maximum Gasteiger partial charge on any atom is 0.230 e. The molecule has 25 heavy (non-hydrogen) atoms. The number of carbonyl (C=O) groups excluding carboxylic acids is 1. The molecule has 0 radical (unpaired) electrons. The average Bonchev–Trinajstić information content (AvgIpc) is 2.80. The van der Waals surface area contributed by atoms with Crippen LogP contribution in [-0.2, 0) is 16.1 Å². The number of amides is 1. The highest BCUT2D eigenvalue weighted by Gasteiger charge is 2.23. The van der Waals surface area contributed by atoms with Crippen molar-refractivity contribution in [1.29, 1.82) is 0 Å². The standard InChI is InChI=1S/C17H26N6O2/c1-17(2,3)16(24)21-14-13-11-20-23(15(13)19-12-18-14)7-6-22-5-4-9-25-10-8-22/h11-12H,4-10H2,1-3H3,(H,18,19,21,24). The smallest absolute Gasteiger partial charge is 0.230 e. The predicted octanol–water partition coefficient (Wildman–Crippen LogP) is 1.53. The Morgan fingerprint density at radius 1 is 1.24 bits per heavy atom. The van der Waals surface area contributed by atoms with Gasteiger partial charge >= 0.3 is 0 Å². The zero-order valence-corrected chi connectivity index (χ0v) is 15.2. The van der Waals surface area contributed by atoms with E-state index >= 15 is 0 Å². The van der Waals surface area contributed by atoms with Gasteiger partial charge in [-0.25, -0.2) is 14.6 Å². The molecule has 1 N–H and O–H groups in total. The summed E-state index contributed by atoms with van der Waals surface area (Å²) in [5, 5.41) is 8.08. The molecule has 8 heteroatoms. The Bertz CT molecular complexity index is 728. The molecular formula is C17H26N6O2. The number of fused-ring (bicyclic) bond motifs is 1. The van der Waals surface area contributed by atoms with Gasteiger partial charge in [-0.3, -0.25) is 9.69 Å². The first-order valence-electron chi connectivity index (χ1n) is 8.73. The fraction of sp³-hybridized carbons (Fsp3) is 0.647. The number of anilines is 1. The molecule has 1 aliphatic heterocycles. The third kappa shape index (κ3) is 4.32. The monoisotopic (exact) mass is 346 g/mol. The lowest BCUT2D eigenvalue weighted by Gasteiger charge is -2.19. The summed E-state index contributed by atoms with van der Waals surface area (Å²) in [6.45, 7) is 10.9. The minimum Gasteiger partial charge on any atom is -0.380 e. The van der Waals surface area contributed by atoms with E-state index in [2.05, 4.69) is 25.3 Å². The van der Waals surface area contributed by atoms with Crippen molar-refractivity contribution in [2.45, 2.75) is 33.7 Å². The van der Waals surface area contributed by atoms with Crippen LogP contribution < -0.4 is 5.32 Å². The minimum atomic E-state index is -0.484. The number of nitrogens with one attached hydrogen (secondary N) is 1. The van der Waals surface area contributed by atoms with E-state index in [9.17, 15) is 4.79 Å². The van der Waals surface area contributed by atoms with Crippen molar-refractivity contribution < 1.29 is 9.53 Å². The largest absolute Gasteiger partial charge is 0.380 e. The molecule has 2 aromatic heterocycles. The van der Waals surface area contributed by atoms with Crippen molar-refractivity contribution in [3.8, 4) is 0 Å². The third-order valence-electron chi connectivity index (χ3n) is 4.29. The van der Waals surface area contributed by atoms with E-state index in [4.69, 9.17) is 4.74 Å². The zero-order valence-electron chi connectivity index (χ0n) is 15.2. The first kappa shape index (κ1) is 17.8. The van der Waals surface area contributed by atoms with E-state index in [1.807, 2.05) is 25.5 Å². The number of hydrogen-bond donors (Lipinski definition) is 1. The lowest BCUT2D eigenvalue weighted by atomic mass is 9.96. The summed E-state index contributed by atoms with van der Waals surface area (Å²) in [4.78, 5) is 23.2. The maximum absolute atomic E-state index is 12.2. The molecule has 1 amide bonds. The molecular weight excluding hydrogens is 320 g/mol. The van der Waals surface area contributed by atoms with Gasteiger partial charge in [-0.2, -0.15) is 5.10 Å². The fourth-order valence-electron chi connectivity index (χ4n) is 2.71. The molecule has 0 spiro atoms. The molecule has 0 aromatic carbocycles. The van der Waals surface area contributed by atoms with E-state index < -0.39 is 5.41 Å². The van der Waals surface area contributed by atoms with E-state index in [0.717, 1.165) is 56.8 Å². The highest BCUT2D eigenvalue weighted by atomic mass is 16.5. The van der Waals surface area contributed by atoms with Gasteiger partial charge in [0.25, 0.3) is 0 Å². The first-order valence-corrected chi connectivity index (χ1v) is 8.73. The van der Waals surface area contributed by atoms with Crippen molar-refractivity contribution in [2.24, 2.45) is 5.41 Å². The normalized spacial score (nSPS) is 16.8. The van der Waals surface area contributed by atoms with E-state index in [0.29, 0.717) is 5.82 Å². The van der Waals surface area contributed by atoms with Crippen LogP contribution >= 0.6 is 0 Å². The van der Waals surface area contributed by atoms with Gasteiger partial charge in [-0.15, -0.1) is 0 Å². The predicted molar refractivity (Wildman–Crippen MR) is 95.3 cm³/mol. The Labute approximate surface area is 147 Å². The Hall–Kier alpha value is -2.06. The number of carbonyl (C=O) groups is 1. The highest BCUT2D eigenvalue weighted by molar-refractivity contribution is 6.00. The van der Waals surface area contributed by atoms with Crippen molar-refractivity contribution in [1.82, 2.24) is 24.6 Å². The summed E-state index contributed by atoms with van der Waals surface area (Å²) >= 11 is 0. The molecule has 0 aliphatic carbocycles. The maximum atomic E-state index is 12.2. The van der Waals surface area contributed by atoms with Gasteiger partial charge in [0.05, 0.1) is 24.7 Å². The second-order valence-corrected chi connectivity index (χ2v) is 7.34. The van der Waals surface area contributed by atoms with Gasteiger partial charge in [0, 0.05) is 31.7 Å². The summed E-state index contributed by atoms with van der Waals surface area (Å²) in [5.41, 5.74) is 0.257. The Morgan fingerprint density at radius 3 is 2.88 bits per heavy atom. The van der Waals surface area contributed by atoms with Crippen molar-refractivity contribution in [2.75, 3.05) is 38.2 Å². The summed E-state index contributed by atoms with van der Waals surface area (Å²) < 4.78 is 7.36. The van der Waals surface area contributed by atoms with E-state index in [1.54, 1.807) is 6.20 Å². The van der Waals surface area contributed by atoms with Crippen LogP contribution in [0.5, 0.6) is 0 Å². The van der Waals surface area contributed by atoms with Gasteiger partial charge < -0.3 is 10.1 Å². The highest BCUT2D eigenvalue weighted by Crippen LogP contribution is 2.22. The van der Waals surface area contributed by atoms with Gasteiger partial charge in [0.2, 0.25) is 5.91 Å². The average molecular weight is 346 g/mol. The van der Waals surface area contributed by atoms with Crippen molar-refractivity contribution >= 4 is 22.8 Å². The number of rotatable bonds is 4. The Balaban J connectivity index is 1.73. The molecule has 3 rings (SSSR count). The van der Waals surface area contributed by atoms with Crippen LogP contribution in [0, 0.1) is 5.41 Å². The van der Waals surface area contributed by atoms with Crippen molar-refractivity contribution in [3.63, 3.8) is 0 Å². The van der Waals surface area contributed by atoms with Crippen LogP contribution in [0.3, 0.4) is 0 Å². The first-order chi connectivity index (χ1) is 11.9. The molecule has 1 aliphatic rings. The van der Waals surface area contributed by atoms with E-state index in [-0.39, 0.29) is 5.91 Å². The van der Waals surface area contributed by atoms with Gasteiger partial charge in [-0.05, 0) is 6.42 Å². The van der Waals surface area contributed by atoms with Crippen molar-refractivity contribution in [3.05, 3.63) is 12.5 Å². The van der Waals surface area contributed by atoms with Crippen LogP contribution in [0.25, 0.3) is 11.0 Å². The second kappa shape index (κ2) is 7.45. The fourth-order valence-corrected chi connectivity index (χ4v) is 2.71. The molecule has 1 fully saturated rings. The molecule has 0 unspecified atom stereocenters. The molecule has 0 atom stereocenters. The van der Waals surface area contributed by atoms with Crippen LogP contribution in [0.15, 0.2) is 12.5 Å². The molecule has 8 nitrogen and oxygen atoms in total. The number of aromatic nitrogens is 4. The number of ether oxygens (including phenoxy) is 1. The number of hydrogen-bond acceptors (Lipinski definition) is 6. The summed E-state index contributed by atoms with van der Waals surface area (Å²) in [7, 11) is 0. The quantitative estimate of drug-likeness (QED) is 0.904. The van der Waals surface area contributed by atoms with E-state index in [1.165, 1.54) is 6.33 Å². The summed E-state index contributed by atoms with van der Waals surface area (Å²) in [6, 6.07) is 0. The zero-order chi connectivity index (χ0) is 17.9. The minimum absolute atomic E-state index is 0.0789. The van der Waals surface area contributed by atoms with Crippen LogP contribution in [-0.4, -0.2) is 63.4 Å². The molecule has 0 saturated carbocycles. The molecule has 1 saturated heterocycles. The lowest BCUT2D eigenvalue weighted by Crippen LogP contribution is -2.30. The molecule has 3 heterocycles. The van der Waals surface area contributed by atoms with Gasteiger partial charge in [0.15, 0.2) is 5.65 Å². The van der Waals surface area contributed by atoms with Crippen LogP contribution in [0.1, 0.15) is 27.2 Å². The summed E-state index contributed by atoms with van der Waals surface area (Å²) in [5.74, 6) is 0.434. The number of nitrogens with zero attached hydrogens (tertiary/aromatic N) is 5. The van der Waals surface area contributed by atoms with Gasteiger partial charge in [-0.1, -0.05) is 20.8 Å². The third-order valence-corrected chi connectivity index (χ3v) is 4.29. The SMILES string of the molecule is CC(C)(C)C(=O)Nc1ncnc2c1cnn2CCN1CCCOCC1. The summed E-state index contributed by atoms with van der Waals surface area (Å²) in [6.07, 6.45) is 4.25.